The number of carboxylic acids is 1. The molecule has 1 heterocycles. The Hall–Kier alpha value is -1.39. The normalized spacial score (nSPS) is 17.3. The van der Waals surface area contributed by atoms with Crippen molar-refractivity contribution in [3.8, 4) is 0 Å². The molecule has 1 fully saturated rings. The quantitative estimate of drug-likeness (QED) is 0.841. The highest BCUT2D eigenvalue weighted by Gasteiger charge is 2.23. The molecule has 0 atom stereocenters. The maximum Gasteiger partial charge on any atom is 0.317 e. The van der Waals surface area contributed by atoms with Crippen LogP contribution in [0.2, 0.25) is 0 Å². The zero-order chi connectivity index (χ0) is 15.9. The molecule has 0 bridgehead atoms. The van der Waals surface area contributed by atoms with E-state index in [0.29, 0.717) is 12.0 Å². The van der Waals surface area contributed by atoms with Crippen LogP contribution >= 0.6 is 0 Å². The van der Waals surface area contributed by atoms with Gasteiger partial charge in [0.25, 0.3) is 0 Å². The lowest BCUT2D eigenvalue weighted by molar-refractivity contribution is -0.139. The molecule has 22 heavy (non-hydrogen) atoms. The van der Waals surface area contributed by atoms with E-state index in [9.17, 15) is 4.79 Å². The first-order valence-electron chi connectivity index (χ1n) is 8.26. The summed E-state index contributed by atoms with van der Waals surface area (Å²) in [5.41, 5.74) is 1.37. The van der Waals surface area contributed by atoms with Gasteiger partial charge in [0, 0.05) is 19.1 Å². The van der Waals surface area contributed by atoms with Gasteiger partial charge in [-0.3, -0.25) is 14.6 Å². The summed E-state index contributed by atoms with van der Waals surface area (Å²) in [6.07, 6.45) is 2.32. The van der Waals surface area contributed by atoms with E-state index in [1.165, 1.54) is 5.56 Å². The van der Waals surface area contributed by atoms with Gasteiger partial charge < -0.3 is 5.11 Å². The molecule has 1 saturated heterocycles. The summed E-state index contributed by atoms with van der Waals surface area (Å²) >= 11 is 0. The first-order valence-corrected chi connectivity index (χ1v) is 8.26. The molecule has 0 saturated carbocycles. The molecule has 1 aromatic carbocycles. The lowest BCUT2D eigenvalue weighted by Crippen LogP contribution is -2.42. The number of carboxylic acid groups (broad SMARTS) is 1. The molecule has 0 unspecified atom stereocenters. The minimum Gasteiger partial charge on any atom is -0.480 e. The maximum absolute atomic E-state index is 11.0. The van der Waals surface area contributed by atoms with Crippen molar-refractivity contribution in [3.05, 3.63) is 35.9 Å². The van der Waals surface area contributed by atoms with Crippen LogP contribution in [0.4, 0.5) is 0 Å². The Morgan fingerprint density at radius 1 is 1.27 bits per heavy atom. The first-order chi connectivity index (χ1) is 10.5. The Labute approximate surface area is 133 Å². The summed E-state index contributed by atoms with van der Waals surface area (Å²) in [6, 6.07) is 10.9. The minimum atomic E-state index is -0.727. The number of hydrogen-bond donors (Lipinski definition) is 1. The molecule has 4 nitrogen and oxygen atoms in total. The van der Waals surface area contributed by atoms with Crippen LogP contribution in [0.1, 0.15) is 32.3 Å². The second-order valence-electron chi connectivity index (χ2n) is 6.62. The summed E-state index contributed by atoms with van der Waals surface area (Å²) in [5, 5.41) is 9.02. The summed E-state index contributed by atoms with van der Waals surface area (Å²) in [7, 11) is 0. The number of nitrogens with zero attached hydrogens (tertiary/aromatic N) is 2. The van der Waals surface area contributed by atoms with Gasteiger partial charge in [-0.1, -0.05) is 30.3 Å². The second-order valence-corrected chi connectivity index (χ2v) is 6.62. The molecule has 1 aliphatic heterocycles. The van der Waals surface area contributed by atoms with Crippen LogP contribution in [0.5, 0.6) is 0 Å². The summed E-state index contributed by atoms with van der Waals surface area (Å²) in [5.74, 6) is -0.107. The van der Waals surface area contributed by atoms with Crippen LogP contribution in [-0.2, 0) is 11.3 Å². The molecular formula is C18H28N2O2. The zero-order valence-electron chi connectivity index (χ0n) is 13.7. The van der Waals surface area contributed by atoms with E-state index in [2.05, 4.69) is 54.0 Å². The van der Waals surface area contributed by atoms with Crippen molar-refractivity contribution in [2.45, 2.75) is 39.3 Å². The molecule has 1 N–H and O–H groups in total. The van der Waals surface area contributed by atoms with E-state index < -0.39 is 5.97 Å². The van der Waals surface area contributed by atoms with Gasteiger partial charge in [-0.15, -0.1) is 0 Å². The SMILES string of the molecule is CC(C)N(CC(=O)O)CC1CCN(Cc2ccccc2)CC1. The third-order valence-electron chi connectivity index (χ3n) is 4.52. The highest BCUT2D eigenvalue weighted by atomic mass is 16.4. The molecule has 2 rings (SSSR count). The smallest absolute Gasteiger partial charge is 0.317 e. The third-order valence-corrected chi connectivity index (χ3v) is 4.52. The Morgan fingerprint density at radius 3 is 2.45 bits per heavy atom. The molecule has 122 valence electrons. The monoisotopic (exact) mass is 304 g/mol. The van der Waals surface area contributed by atoms with Crippen LogP contribution in [0.25, 0.3) is 0 Å². The number of piperidine rings is 1. The van der Waals surface area contributed by atoms with Crippen molar-refractivity contribution >= 4 is 5.97 Å². The van der Waals surface area contributed by atoms with Gasteiger partial charge in [0.15, 0.2) is 0 Å². The average molecular weight is 304 g/mol. The number of hydrogen-bond acceptors (Lipinski definition) is 3. The Balaban J connectivity index is 1.77. The van der Waals surface area contributed by atoms with Gasteiger partial charge in [0.1, 0.15) is 0 Å². The van der Waals surface area contributed by atoms with Gasteiger partial charge in [0.05, 0.1) is 6.54 Å². The molecule has 0 aliphatic carbocycles. The molecule has 1 aromatic rings. The number of aliphatic carboxylic acids is 1. The van der Waals surface area contributed by atoms with Crippen molar-refractivity contribution in [1.82, 2.24) is 9.80 Å². The van der Waals surface area contributed by atoms with Crippen molar-refractivity contribution in [3.63, 3.8) is 0 Å². The van der Waals surface area contributed by atoms with Crippen molar-refractivity contribution < 1.29 is 9.90 Å². The number of benzene rings is 1. The molecule has 0 aromatic heterocycles. The highest BCUT2D eigenvalue weighted by molar-refractivity contribution is 5.69. The molecule has 0 radical (unpaired) electrons. The van der Waals surface area contributed by atoms with E-state index in [-0.39, 0.29) is 6.54 Å². The lowest BCUT2D eigenvalue weighted by atomic mass is 9.95. The van der Waals surface area contributed by atoms with E-state index in [0.717, 1.165) is 39.0 Å². The fourth-order valence-corrected chi connectivity index (χ4v) is 3.13. The Morgan fingerprint density at radius 2 is 1.91 bits per heavy atom. The van der Waals surface area contributed by atoms with E-state index in [1.807, 2.05) is 0 Å². The average Bonchev–Trinajstić information content (AvgIpc) is 2.49. The molecular weight excluding hydrogens is 276 g/mol. The summed E-state index contributed by atoms with van der Waals surface area (Å²) in [4.78, 5) is 15.5. The van der Waals surface area contributed by atoms with Crippen LogP contribution < -0.4 is 0 Å². The second kappa shape index (κ2) is 8.30. The predicted molar refractivity (Wildman–Crippen MR) is 88.8 cm³/mol. The van der Waals surface area contributed by atoms with E-state index in [4.69, 9.17) is 5.11 Å². The van der Waals surface area contributed by atoms with Gasteiger partial charge >= 0.3 is 5.97 Å². The van der Waals surface area contributed by atoms with Gasteiger partial charge in [-0.25, -0.2) is 0 Å². The third kappa shape index (κ3) is 5.43. The molecule has 4 heteroatoms. The van der Waals surface area contributed by atoms with Crippen molar-refractivity contribution in [1.29, 1.82) is 0 Å². The molecule has 0 spiro atoms. The topological polar surface area (TPSA) is 43.8 Å². The fourth-order valence-electron chi connectivity index (χ4n) is 3.13. The molecule has 1 aliphatic rings. The number of rotatable bonds is 7. The highest BCUT2D eigenvalue weighted by Crippen LogP contribution is 2.20. The van der Waals surface area contributed by atoms with Crippen LogP contribution in [0.3, 0.4) is 0 Å². The van der Waals surface area contributed by atoms with Crippen molar-refractivity contribution in [2.24, 2.45) is 5.92 Å². The lowest BCUT2D eigenvalue weighted by Gasteiger charge is -2.35. The fraction of sp³-hybridized carbons (Fsp3) is 0.611. The van der Waals surface area contributed by atoms with Gasteiger partial charge in [0.2, 0.25) is 0 Å². The standard InChI is InChI=1S/C18H28N2O2/c1-15(2)20(14-18(21)22)13-17-8-10-19(11-9-17)12-16-6-4-3-5-7-16/h3-7,15,17H,8-14H2,1-2H3,(H,21,22). The van der Waals surface area contributed by atoms with Gasteiger partial charge in [-0.2, -0.15) is 0 Å². The number of carbonyl (C=O) groups is 1. The largest absolute Gasteiger partial charge is 0.480 e. The predicted octanol–water partition coefficient (Wildman–Crippen LogP) is 2.69. The Kier molecular flexibility index (Phi) is 6.40. The van der Waals surface area contributed by atoms with Crippen LogP contribution in [-0.4, -0.2) is 53.1 Å². The number of likely N-dealkylation sites (tertiary alicyclic amines) is 1. The Bertz CT molecular complexity index is 453. The first kappa shape index (κ1) is 17.0. The van der Waals surface area contributed by atoms with Gasteiger partial charge in [-0.05, 0) is 51.3 Å². The summed E-state index contributed by atoms with van der Waals surface area (Å²) in [6.45, 7) is 8.46. The molecule has 0 amide bonds. The van der Waals surface area contributed by atoms with Crippen LogP contribution in [0.15, 0.2) is 30.3 Å². The minimum absolute atomic E-state index is 0.155. The maximum atomic E-state index is 11.0. The zero-order valence-corrected chi connectivity index (χ0v) is 13.7. The van der Waals surface area contributed by atoms with Crippen molar-refractivity contribution in [2.75, 3.05) is 26.2 Å². The van der Waals surface area contributed by atoms with Crippen LogP contribution in [0, 0.1) is 5.92 Å². The summed E-state index contributed by atoms with van der Waals surface area (Å²) < 4.78 is 0. The van der Waals surface area contributed by atoms with E-state index >= 15 is 0 Å². The van der Waals surface area contributed by atoms with E-state index in [1.54, 1.807) is 0 Å².